The Hall–Kier alpha value is -3.46. The van der Waals surface area contributed by atoms with E-state index in [0.29, 0.717) is 22.2 Å². The number of hydrogen-bond acceptors (Lipinski definition) is 8. The van der Waals surface area contributed by atoms with E-state index < -0.39 is 23.5 Å². The highest BCUT2D eigenvalue weighted by molar-refractivity contribution is 7.99. The zero-order valence-electron chi connectivity index (χ0n) is 18.5. The molecule has 0 amide bonds. The van der Waals surface area contributed by atoms with Gasteiger partial charge in [-0.2, -0.15) is 4.98 Å². The van der Waals surface area contributed by atoms with Gasteiger partial charge >= 0.3 is 5.97 Å². The smallest absolute Gasteiger partial charge is 0.343 e. The summed E-state index contributed by atoms with van der Waals surface area (Å²) in [6.07, 6.45) is 0.803. The van der Waals surface area contributed by atoms with Crippen molar-refractivity contribution in [3.8, 4) is 23.1 Å². The van der Waals surface area contributed by atoms with E-state index in [4.69, 9.17) is 14.2 Å². The molecule has 33 heavy (non-hydrogen) atoms. The van der Waals surface area contributed by atoms with E-state index in [9.17, 15) is 14.7 Å². The summed E-state index contributed by atoms with van der Waals surface area (Å²) in [6, 6.07) is 12.3. The number of hydrogen-bond donors (Lipinski definition) is 1. The maximum atomic E-state index is 13.7. The summed E-state index contributed by atoms with van der Waals surface area (Å²) in [7, 11) is 2.88. The lowest BCUT2D eigenvalue weighted by molar-refractivity contribution is 0.0447. The number of carbonyl (C=O) groups excluding carboxylic acids is 1. The Bertz CT molecular complexity index is 1240. The number of aromatic hydroxyl groups is 1. The Kier molecular flexibility index (Phi) is 6.60. The van der Waals surface area contributed by atoms with Gasteiger partial charge in [-0.15, -0.1) is 0 Å². The maximum Gasteiger partial charge on any atom is 0.343 e. The number of unbranched alkanes of at least 4 members (excludes halogenated alkanes) is 1. The Morgan fingerprint density at radius 3 is 2.55 bits per heavy atom. The molecule has 1 aromatic heterocycles. The summed E-state index contributed by atoms with van der Waals surface area (Å²) in [4.78, 5) is 30.8. The van der Waals surface area contributed by atoms with Gasteiger partial charge < -0.3 is 19.3 Å². The Morgan fingerprint density at radius 1 is 1.12 bits per heavy atom. The standard InChI is InChI=1S/C24H24N2O6S/c1-4-5-13-33-24-25-21(27)18(22(28)26(24)14-9-7-6-8-10-14)19-15-11-12-16(30-2)20(31-3)17(15)23(29)32-19/h6-12,19,27H,4-5,13H2,1-3H3/t19-/m0/s1. The van der Waals surface area contributed by atoms with E-state index in [-0.39, 0.29) is 16.9 Å². The third kappa shape index (κ3) is 4.04. The monoisotopic (exact) mass is 468 g/mol. The number of thioether (sulfide) groups is 1. The van der Waals surface area contributed by atoms with Crippen LogP contribution in [0, 0.1) is 0 Å². The highest BCUT2D eigenvalue weighted by Gasteiger charge is 2.40. The zero-order valence-corrected chi connectivity index (χ0v) is 19.3. The third-order valence-electron chi connectivity index (χ3n) is 5.36. The van der Waals surface area contributed by atoms with Crippen LogP contribution in [0.15, 0.2) is 52.4 Å². The van der Waals surface area contributed by atoms with Crippen LogP contribution in [-0.2, 0) is 4.74 Å². The number of rotatable bonds is 8. The highest BCUT2D eigenvalue weighted by atomic mass is 32.2. The Labute approximate surface area is 195 Å². The van der Waals surface area contributed by atoms with Crippen molar-refractivity contribution >= 4 is 17.7 Å². The van der Waals surface area contributed by atoms with Gasteiger partial charge in [0.05, 0.1) is 19.9 Å². The maximum absolute atomic E-state index is 13.7. The number of cyclic esters (lactones) is 1. The number of benzene rings is 2. The van der Waals surface area contributed by atoms with E-state index in [1.165, 1.54) is 30.5 Å². The molecule has 0 fully saturated rings. The lowest BCUT2D eigenvalue weighted by atomic mass is 9.99. The van der Waals surface area contributed by atoms with Crippen molar-refractivity contribution in [1.29, 1.82) is 0 Å². The average molecular weight is 469 g/mol. The van der Waals surface area contributed by atoms with Crippen molar-refractivity contribution in [2.75, 3.05) is 20.0 Å². The number of fused-ring (bicyclic) bond motifs is 1. The lowest BCUT2D eigenvalue weighted by Gasteiger charge is -2.17. The van der Waals surface area contributed by atoms with Gasteiger partial charge in [0.15, 0.2) is 22.8 Å². The molecule has 1 aliphatic rings. The van der Waals surface area contributed by atoms with Crippen LogP contribution in [0.25, 0.3) is 5.69 Å². The van der Waals surface area contributed by atoms with E-state index in [0.717, 1.165) is 18.6 Å². The minimum absolute atomic E-state index is 0.113. The number of methoxy groups -OCH3 is 2. The quantitative estimate of drug-likeness (QED) is 0.228. The van der Waals surface area contributed by atoms with Gasteiger partial charge in [-0.05, 0) is 24.6 Å². The second-order valence-corrected chi connectivity index (χ2v) is 8.42. The van der Waals surface area contributed by atoms with Gasteiger partial charge in [0.2, 0.25) is 5.88 Å². The summed E-state index contributed by atoms with van der Waals surface area (Å²) in [5.74, 6) is 0.182. The largest absolute Gasteiger partial charge is 0.493 e. The molecular formula is C24H24N2O6S. The van der Waals surface area contributed by atoms with Crippen molar-refractivity contribution < 1.29 is 24.1 Å². The van der Waals surface area contributed by atoms with E-state index in [1.54, 1.807) is 24.3 Å². The first kappa shape index (κ1) is 22.7. The summed E-state index contributed by atoms with van der Waals surface area (Å²) in [5.41, 5.74) is 0.546. The lowest BCUT2D eigenvalue weighted by Crippen LogP contribution is -2.27. The van der Waals surface area contributed by atoms with Gasteiger partial charge in [-0.1, -0.05) is 49.4 Å². The molecule has 0 spiro atoms. The molecule has 0 saturated carbocycles. The molecule has 8 nitrogen and oxygen atoms in total. The molecule has 0 saturated heterocycles. The normalized spacial score (nSPS) is 14.6. The summed E-state index contributed by atoms with van der Waals surface area (Å²) < 4.78 is 17.6. The SMILES string of the molecule is CCCCSc1nc(O)c([C@H]2OC(=O)c3c2ccc(OC)c3OC)c(=O)n1-c1ccccc1. The predicted molar refractivity (Wildman–Crippen MR) is 124 cm³/mol. The second-order valence-electron chi connectivity index (χ2n) is 7.36. The summed E-state index contributed by atoms with van der Waals surface area (Å²) in [6.45, 7) is 2.08. The van der Waals surface area contributed by atoms with Crippen LogP contribution in [0.4, 0.5) is 0 Å². The fraction of sp³-hybridized carbons (Fsp3) is 0.292. The fourth-order valence-electron chi connectivity index (χ4n) is 3.76. The first-order valence-electron chi connectivity index (χ1n) is 10.5. The number of esters is 1. The molecule has 0 unspecified atom stereocenters. The molecule has 0 bridgehead atoms. The number of aromatic nitrogens is 2. The van der Waals surface area contributed by atoms with Crippen LogP contribution in [0.3, 0.4) is 0 Å². The van der Waals surface area contributed by atoms with Crippen LogP contribution in [-0.4, -0.2) is 40.6 Å². The van der Waals surface area contributed by atoms with Crippen molar-refractivity contribution in [2.45, 2.75) is 31.0 Å². The molecule has 172 valence electrons. The molecular weight excluding hydrogens is 444 g/mol. The first-order valence-corrected chi connectivity index (χ1v) is 11.5. The Balaban J connectivity index is 1.90. The minimum Gasteiger partial charge on any atom is -0.493 e. The molecule has 1 aliphatic heterocycles. The molecule has 1 atom stereocenters. The van der Waals surface area contributed by atoms with Gasteiger partial charge in [-0.3, -0.25) is 9.36 Å². The van der Waals surface area contributed by atoms with E-state index >= 15 is 0 Å². The molecule has 9 heteroatoms. The second kappa shape index (κ2) is 9.58. The zero-order chi connectivity index (χ0) is 23.5. The van der Waals surface area contributed by atoms with Crippen molar-refractivity contribution in [3.63, 3.8) is 0 Å². The molecule has 0 radical (unpaired) electrons. The van der Waals surface area contributed by atoms with Crippen molar-refractivity contribution in [3.05, 3.63) is 69.5 Å². The Morgan fingerprint density at radius 2 is 1.88 bits per heavy atom. The van der Waals surface area contributed by atoms with E-state index in [2.05, 4.69) is 11.9 Å². The topological polar surface area (TPSA) is 99.9 Å². The molecule has 2 heterocycles. The van der Waals surface area contributed by atoms with Gasteiger partial charge in [0.1, 0.15) is 11.1 Å². The number of ether oxygens (including phenoxy) is 3. The third-order valence-corrected chi connectivity index (χ3v) is 6.39. The van der Waals surface area contributed by atoms with E-state index in [1.807, 2.05) is 18.2 Å². The van der Waals surface area contributed by atoms with Crippen molar-refractivity contribution in [2.24, 2.45) is 0 Å². The molecule has 0 aliphatic carbocycles. The van der Waals surface area contributed by atoms with Crippen LogP contribution in [0.5, 0.6) is 17.4 Å². The fourth-order valence-corrected chi connectivity index (χ4v) is 4.84. The van der Waals surface area contributed by atoms with Gasteiger partial charge in [0, 0.05) is 11.3 Å². The van der Waals surface area contributed by atoms with Crippen LogP contribution in [0.1, 0.15) is 47.4 Å². The molecule has 1 N–H and O–H groups in total. The molecule has 3 aromatic rings. The molecule has 4 rings (SSSR count). The number of carbonyl (C=O) groups is 1. The number of nitrogens with zero attached hydrogens (tertiary/aromatic N) is 2. The van der Waals surface area contributed by atoms with Gasteiger partial charge in [-0.25, -0.2) is 4.79 Å². The van der Waals surface area contributed by atoms with Gasteiger partial charge in [0.25, 0.3) is 5.56 Å². The van der Waals surface area contributed by atoms with Crippen LogP contribution in [0.2, 0.25) is 0 Å². The first-order chi connectivity index (χ1) is 16.0. The van der Waals surface area contributed by atoms with Crippen LogP contribution < -0.4 is 15.0 Å². The number of para-hydroxylation sites is 1. The average Bonchev–Trinajstić information content (AvgIpc) is 3.15. The summed E-state index contributed by atoms with van der Waals surface area (Å²) in [5, 5.41) is 11.2. The minimum atomic E-state index is -1.13. The van der Waals surface area contributed by atoms with Crippen LogP contribution >= 0.6 is 11.8 Å². The molecule has 2 aromatic carbocycles. The van der Waals surface area contributed by atoms with Crippen molar-refractivity contribution in [1.82, 2.24) is 9.55 Å². The summed E-state index contributed by atoms with van der Waals surface area (Å²) >= 11 is 1.39. The predicted octanol–water partition coefficient (Wildman–Crippen LogP) is 4.11. The highest BCUT2D eigenvalue weighted by Crippen LogP contribution is 2.45.